The maximum absolute atomic E-state index is 11.4. The third-order valence-corrected chi connectivity index (χ3v) is 4.03. The summed E-state index contributed by atoms with van der Waals surface area (Å²) in [6, 6.07) is 0. The average molecular weight is 197 g/mol. The van der Waals surface area contributed by atoms with Gasteiger partial charge in [-0.25, -0.2) is 0 Å². The fourth-order valence-corrected chi connectivity index (χ4v) is 2.35. The van der Waals surface area contributed by atoms with Crippen LogP contribution in [0.5, 0.6) is 0 Å². The van der Waals surface area contributed by atoms with Gasteiger partial charge in [0, 0.05) is 0 Å². The Kier molecular flexibility index (Phi) is 3.73. The Morgan fingerprint density at radius 2 is 1.67 bits per heavy atom. The molecule has 0 fully saturated rings. The molecule has 9 heavy (non-hydrogen) atoms. The molecular formula is C5H10F3Ga. The van der Waals surface area contributed by atoms with E-state index in [1.165, 1.54) is 0 Å². The molecule has 0 aromatic heterocycles. The van der Waals surface area contributed by atoms with Crippen LogP contribution in [0.3, 0.4) is 0 Å². The van der Waals surface area contributed by atoms with E-state index in [2.05, 4.69) is 0 Å². The van der Waals surface area contributed by atoms with E-state index in [1.54, 1.807) is 0 Å². The molecule has 0 aliphatic rings. The first kappa shape index (κ1) is 9.43. The Bertz CT molecular complexity index is 76.8. The summed E-state index contributed by atoms with van der Waals surface area (Å²) < 4.78 is 34.3. The first-order valence-corrected chi connectivity index (χ1v) is 9.54. The van der Waals surface area contributed by atoms with Crippen molar-refractivity contribution in [2.24, 2.45) is 0 Å². The molecule has 0 amide bonds. The fraction of sp³-hybridized carbons (Fsp3) is 1.00. The van der Waals surface area contributed by atoms with Crippen molar-refractivity contribution >= 4 is 16.2 Å². The van der Waals surface area contributed by atoms with Crippen molar-refractivity contribution in [3.05, 3.63) is 0 Å². The Morgan fingerprint density at radius 3 is 1.78 bits per heavy atom. The number of hydrogen-bond acceptors (Lipinski definition) is 0. The van der Waals surface area contributed by atoms with Crippen molar-refractivity contribution in [1.82, 2.24) is 0 Å². The van der Waals surface area contributed by atoms with Gasteiger partial charge in [-0.3, -0.25) is 0 Å². The Hall–Kier alpha value is 0.426. The number of rotatable bonds is 2. The summed E-state index contributed by atoms with van der Waals surface area (Å²) in [5.41, 5.74) is 3.94. The van der Waals surface area contributed by atoms with Crippen LogP contribution in [0.25, 0.3) is 0 Å². The second-order valence-electron chi connectivity index (χ2n) is 2.55. The molecule has 0 aliphatic carbocycles. The van der Waals surface area contributed by atoms with Crippen LogP contribution in [0.2, 0.25) is 15.9 Å². The van der Waals surface area contributed by atoms with Crippen LogP contribution in [-0.2, 0) is 0 Å². The molecule has 0 aromatic carbocycles. The standard InChI is InChI=1S/C3H4F3.2CH3.Ga/c1-2-3(4,5)6;;;/h1-2H2;2*1H3;. The monoisotopic (exact) mass is 196 g/mol. The predicted octanol–water partition coefficient (Wildman–Crippen LogP) is 2.69. The van der Waals surface area contributed by atoms with Crippen LogP contribution >= 0.6 is 0 Å². The van der Waals surface area contributed by atoms with Gasteiger partial charge >= 0.3 is 57.9 Å². The first-order chi connectivity index (χ1) is 3.92. The van der Waals surface area contributed by atoms with E-state index in [-0.39, 0.29) is 0 Å². The molecule has 0 rings (SSSR count). The maximum atomic E-state index is 11.4. The molecular weight excluding hydrogens is 187 g/mol. The number of halogens is 3. The van der Waals surface area contributed by atoms with E-state index in [4.69, 9.17) is 0 Å². The normalized spacial score (nSPS) is 11.7. The summed E-state index contributed by atoms with van der Waals surface area (Å²) in [6.07, 6.45) is -4.49. The van der Waals surface area contributed by atoms with Gasteiger partial charge in [0.15, 0.2) is 0 Å². The molecule has 4 heteroatoms. The third kappa shape index (κ3) is 8.43. The zero-order chi connectivity index (χ0) is 7.49. The Morgan fingerprint density at radius 1 is 1.22 bits per heavy atom. The Balaban J connectivity index is 3.28. The van der Waals surface area contributed by atoms with Crippen LogP contribution in [0.1, 0.15) is 6.42 Å². The van der Waals surface area contributed by atoms with Crippen LogP contribution < -0.4 is 0 Å². The second-order valence-corrected chi connectivity index (χ2v) is 9.61. The molecule has 54 valence electrons. The van der Waals surface area contributed by atoms with E-state index in [0.29, 0.717) is 4.98 Å². The SMILES string of the molecule is [CH3][Ga]([CH3])[CH2]CC(F)(F)F. The van der Waals surface area contributed by atoms with E-state index in [0.717, 1.165) is 0 Å². The van der Waals surface area contributed by atoms with E-state index < -0.39 is 28.8 Å². The summed E-state index contributed by atoms with van der Waals surface area (Å²) in [5, 5.41) is 0. The second kappa shape index (κ2) is 3.56. The van der Waals surface area contributed by atoms with Gasteiger partial charge in [-0.05, 0) is 0 Å². The fourth-order valence-electron chi connectivity index (χ4n) is 0.452. The number of alkyl halides is 3. The molecule has 0 atom stereocenters. The van der Waals surface area contributed by atoms with E-state index in [1.807, 2.05) is 11.0 Å². The van der Waals surface area contributed by atoms with Crippen LogP contribution in [0, 0.1) is 0 Å². The summed E-state index contributed by atoms with van der Waals surface area (Å²) >= 11 is -1.39. The zero-order valence-electron chi connectivity index (χ0n) is 5.63. The summed E-state index contributed by atoms with van der Waals surface area (Å²) in [5.74, 6) is 0. The number of hydrogen-bond donors (Lipinski definition) is 0. The van der Waals surface area contributed by atoms with Crippen molar-refractivity contribution in [3.8, 4) is 0 Å². The molecule has 0 saturated carbocycles. The van der Waals surface area contributed by atoms with Gasteiger partial charge in [0.2, 0.25) is 0 Å². The minimum absolute atomic E-state index is 0.427. The molecule has 0 aromatic rings. The third-order valence-electron chi connectivity index (χ3n) is 1.01. The molecule has 0 saturated heterocycles. The molecule has 0 radical (unpaired) electrons. The van der Waals surface area contributed by atoms with Gasteiger partial charge in [-0.2, -0.15) is 0 Å². The molecule has 0 aliphatic heterocycles. The Labute approximate surface area is 58.5 Å². The first-order valence-electron chi connectivity index (χ1n) is 2.98. The van der Waals surface area contributed by atoms with E-state index in [9.17, 15) is 13.2 Å². The zero-order valence-corrected chi connectivity index (χ0v) is 8.05. The topological polar surface area (TPSA) is 0 Å². The molecule has 0 bridgehead atoms. The molecule has 0 heterocycles. The van der Waals surface area contributed by atoms with Crippen molar-refractivity contribution < 1.29 is 13.2 Å². The summed E-state index contributed by atoms with van der Waals surface area (Å²) in [4.78, 5) is 0.427. The van der Waals surface area contributed by atoms with Crippen LogP contribution in [0.15, 0.2) is 0 Å². The molecule has 0 unspecified atom stereocenters. The van der Waals surface area contributed by atoms with Crippen molar-refractivity contribution in [2.75, 3.05) is 0 Å². The van der Waals surface area contributed by atoms with Crippen molar-refractivity contribution in [2.45, 2.75) is 28.5 Å². The van der Waals surface area contributed by atoms with Crippen LogP contribution in [0.4, 0.5) is 13.2 Å². The van der Waals surface area contributed by atoms with Gasteiger partial charge in [0.25, 0.3) is 0 Å². The van der Waals surface area contributed by atoms with Gasteiger partial charge in [-0.15, -0.1) is 0 Å². The van der Waals surface area contributed by atoms with Gasteiger partial charge < -0.3 is 0 Å². The van der Waals surface area contributed by atoms with E-state index >= 15 is 0 Å². The van der Waals surface area contributed by atoms with Crippen molar-refractivity contribution in [3.63, 3.8) is 0 Å². The quantitative estimate of drug-likeness (QED) is 0.596. The molecule has 0 nitrogen and oxygen atoms in total. The van der Waals surface area contributed by atoms with Crippen molar-refractivity contribution in [1.29, 1.82) is 0 Å². The average Bonchev–Trinajstić information content (AvgIpc) is 1.59. The van der Waals surface area contributed by atoms with Gasteiger partial charge in [0.1, 0.15) is 0 Å². The van der Waals surface area contributed by atoms with Gasteiger partial charge in [-0.1, -0.05) is 0 Å². The predicted molar refractivity (Wildman–Crippen MR) is 33.0 cm³/mol. The van der Waals surface area contributed by atoms with Crippen LogP contribution in [-0.4, -0.2) is 22.4 Å². The summed E-state index contributed by atoms with van der Waals surface area (Å²) in [6.45, 7) is 0. The summed E-state index contributed by atoms with van der Waals surface area (Å²) in [7, 11) is 0. The molecule has 0 spiro atoms. The molecule has 0 N–H and O–H groups in total. The van der Waals surface area contributed by atoms with Gasteiger partial charge in [0.05, 0.1) is 0 Å². The minimum atomic E-state index is -3.92.